The standard InChI is InChI=1S/C34H43N5O2/c1-21-15-26-16-24(25-5-7-29-31(18-25)37-22(2)36-29)6-8-32(26)41-14-10-23(21)17-30-27-19-34(3,4)11-9-28(27)38-33(39-30)20-35-12-13-40/h5-8,16,18,21,23,35,40H,9-15,17,19-20H2,1-4H3,(H,36,37). The van der Waals surface area contributed by atoms with Gasteiger partial charge in [-0.1, -0.05) is 32.9 Å². The van der Waals surface area contributed by atoms with Gasteiger partial charge in [0, 0.05) is 17.9 Å². The van der Waals surface area contributed by atoms with Crippen LogP contribution in [-0.2, 0) is 32.2 Å². The molecule has 6 rings (SSSR count). The predicted octanol–water partition coefficient (Wildman–Crippen LogP) is 5.75. The first-order valence-electron chi connectivity index (χ1n) is 15.2. The van der Waals surface area contributed by atoms with E-state index in [0.717, 1.165) is 67.0 Å². The Hall–Kier alpha value is -3.29. The SMILES string of the molecule is Cc1nc2ccc(-c3ccc4c(c3)CC(C)C(Cc3nc(CNCCO)nc5c3CC(C)(C)CC5)CCO4)cc2[nH]1. The fourth-order valence-corrected chi connectivity index (χ4v) is 6.65. The van der Waals surface area contributed by atoms with Crippen molar-refractivity contribution in [3.8, 4) is 16.9 Å². The highest BCUT2D eigenvalue weighted by Crippen LogP contribution is 2.38. The number of aryl methyl sites for hydroxylation is 2. The highest BCUT2D eigenvalue weighted by Gasteiger charge is 2.31. The lowest BCUT2D eigenvalue weighted by atomic mass is 9.74. The van der Waals surface area contributed by atoms with Gasteiger partial charge in [0.15, 0.2) is 0 Å². The van der Waals surface area contributed by atoms with Crippen molar-refractivity contribution in [2.45, 2.75) is 72.8 Å². The summed E-state index contributed by atoms with van der Waals surface area (Å²) in [5.41, 5.74) is 9.83. The number of aromatic amines is 1. The lowest BCUT2D eigenvalue weighted by Gasteiger charge is -2.33. The average molecular weight is 554 g/mol. The molecule has 1 aliphatic carbocycles. The highest BCUT2D eigenvalue weighted by molar-refractivity contribution is 5.82. The summed E-state index contributed by atoms with van der Waals surface area (Å²) < 4.78 is 6.36. The smallest absolute Gasteiger partial charge is 0.142 e. The van der Waals surface area contributed by atoms with E-state index in [1.165, 1.54) is 33.6 Å². The molecule has 4 aromatic rings. The van der Waals surface area contributed by atoms with Crippen LogP contribution in [0.5, 0.6) is 5.75 Å². The molecule has 216 valence electrons. The molecule has 7 heteroatoms. The van der Waals surface area contributed by atoms with Crippen molar-refractivity contribution in [2.75, 3.05) is 19.8 Å². The van der Waals surface area contributed by atoms with Gasteiger partial charge >= 0.3 is 0 Å². The largest absolute Gasteiger partial charge is 0.493 e. The molecule has 0 amide bonds. The number of H-pyrrole nitrogens is 1. The highest BCUT2D eigenvalue weighted by atomic mass is 16.5. The van der Waals surface area contributed by atoms with Gasteiger partial charge in [-0.15, -0.1) is 0 Å². The van der Waals surface area contributed by atoms with Crippen LogP contribution in [0.2, 0.25) is 0 Å². The quantitative estimate of drug-likeness (QED) is 0.253. The fraction of sp³-hybridized carbons (Fsp3) is 0.500. The third kappa shape index (κ3) is 6.16. The molecular formula is C34H43N5O2. The predicted molar refractivity (Wildman–Crippen MR) is 163 cm³/mol. The van der Waals surface area contributed by atoms with Crippen LogP contribution >= 0.6 is 0 Å². The topological polar surface area (TPSA) is 96.0 Å². The molecule has 2 aromatic carbocycles. The maximum Gasteiger partial charge on any atom is 0.142 e. The summed E-state index contributed by atoms with van der Waals surface area (Å²) in [5, 5.41) is 12.5. The number of rotatable bonds is 7. The van der Waals surface area contributed by atoms with Crippen LogP contribution in [0.15, 0.2) is 36.4 Å². The Morgan fingerprint density at radius 3 is 2.78 bits per heavy atom. The normalized spacial score (nSPS) is 20.1. The molecule has 0 saturated carbocycles. The summed E-state index contributed by atoms with van der Waals surface area (Å²) in [6.45, 7) is 11.1. The number of nitrogens with zero attached hydrogens (tertiary/aromatic N) is 3. The number of nitrogens with one attached hydrogen (secondary N) is 2. The van der Waals surface area contributed by atoms with Gasteiger partial charge in [-0.3, -0.25) is 0 Å². The Labute approximate surface area is 243 Å². The lowest BCUT2D eigenvalue weighted by molar-refractivity contribution is 0.219. The lowest BCUT2D eigenvalue weighted by Crippen LogP contribution is -2.29. The molecule has 0 fully saturated rings. The van der Waals surface area contributed by atoms with Gasteiger partial charge in [-0.05, 0) is 109 Å². The average Bonchev–Trinajstić information content (AvgIpc) is 3.31. The number of aliphatic hydroxyl groups excluding tert-OH is 1. The molecule has 3 heterocycles. The molecule has 0 spiro atoms. The second-order valence-electron chi connectivity index (χ2n) is 12.9. The van der Waals surface area contributed by atoms with Crippen LogP contribution in [0.25, 0.3) is 22.2 Å². The van der Waals surface area contributed by atoms with Crippen molar-refractivity contribution in [2.24, 2.45) is 17.3 Å². The third-order valence-corrected chi connectivity index (χ3v) is 9.03. The van der Waals surface area contributed by atoms with Crippen molar-refractivity contribution in [3.63, 3.8) is 0 Å². The van der Waals surface area contributed by atoms with E-state index in [9.17, 15) is 5.11 Å². The van der Waals surface area contributed by atoms with Gasteiger partial charge in [-0.25, -0.2) is 15.0 Å². The molecule has 0 saturated heterocycles. The summed E-state index contributed by atoms with van der Waals surface area (Å²) in [6.07, 6.45) is 6.13. The minimum absolute atomic E-state index is 0.117. The van der Waals surface area contributed by atoms with Crippen LogP contribution in [-0.4, -0.2) is 44.8 Å². The van der Waals surface area contributed by atoms with E-state index in [-0.39, 0.29) is 12.0 Å². The Balaban J connectivity index is 1.26. The maximum absolute atomic E-state index is 9.22. The van der Waals surface area contributed by atoms with Crippen LogP contribution in [0.1, 0.15) is 67.8 Å². The number of imidazole rings is 1. The fourth-order valence-electron chi connectivity index (χ4n) is 6.65. The Bertz CT molecular complexity index is 1540. The van der Waals surface area contributed by atoms with Gasteiger partial charge in [0.05, 0.1) is 30.8 Å². The van der Waals surface area contributed by atoms with Crippen LogP contribution in [0.3, 0.4) is 0 Å². The number of hydrogen-bond acceptors (Lipinski definition) is 6. The molecule has 7 nitrogen and oxygen atoms in total. The minimum atomic E-state index is 0.117. The zero-order chi connectivity index (χ0) is 28.6. The molecule has 2 aromatic heterocycles. The molecule has 0 bridgehead atoms. The van der Waals surface area contributed by atoms with E-state index in [0.29, 0.717) is 31.5 Å². The molecule has 2 unspecified atom stereocenters. The zero-order valence-corrected chi connectivity index (χ0v) is 24.9. The van der Waals surface area contributed by atoms with Gasteiger partial charge in [0.1, 0.15) is 17.4 Å². The molecule has 2 atom stereocenters. The summed E-state index contributed by atoms with van der Waals surface area (Å²) in [7, 11) is 0. The molecular weight excluding hydrogens is 510 g/mol. The van der Waals surface area contributed by atoms with Crippen molar-refractivity contribution >= 4 is 11.0 Å². The van der Waals surface area contributed by atoms with Crippen molar-refractivity contribution < 1.29 is 9.84 Å². The van der Waals surface area contributed by atoms with E-state index in [2.05, 4.69) is 72.5 Å². The van der Waals surface area contributed by atoms with E-state index in [4.69, 9.17) is 14.7 Å². The number of fused-ring (bicyclic) bond motifs is 3. The Morgan fingerprint density at radius 1 is 1.10 bits per heavy atom. The molecule has 1 aliphatic heterocycles. The molecule has 41 heavy (non-hydrogen) atoms. The summed E-state index contributed by atoms with van der Waals surface area (Å²) in [5.74, 6) is 3.75. The van der Waals surface area contributed by atoms with Crippen molar-refractivity contribution in [1.82, 2.24) is 25.3 Å². The summed E-state index contributed by atoms with van der Waals surface area (Å²) in [4.78, 5) is 18.0. The van der Waals surface area contributed by atoms with Crippen LogP contribution < -0.4 is 10.1 Å². The number of aromatic nitrogens is 4. The van der Waals surface area contributed by atoms with Crippen LogP contribution in [0.4, 0.5) is 0 Å². The third-order valence-electron chi connectivity index (χ3n) is 9.03. The number of ether oxygens (including phenoxy) is 1. The van der Waals surface area contributed by atoms with Crippen LogP contribution in [0, 0.1) is 24.2 Å². The second-order valence-corrected chi connectivity index (χ2v) is 12.9. The monoisotopic (exact) mass is 553 g/mol. The van der Waals surface area contributed by atoms with E-state index in [1.807, 2.05) is 6.92 Å². The molecule has 0 radical (unpaired) electrons. The second kappa shape index (κ2) is 11.5. The zero-order valence-electron chi connectivity index (χ0n) is 24.9. The van der Waals surface area contributed by atoms with E-state index in [1.54, 1.807) is 0 Å². The van der Waals surface area contributed by atoms with Gasteiger partial charge < -0.3 is 20.1 Å². The maximum atomic E-state index is 9.22. The van der Waals surface area contributed by atoms with E-state index < -0.39 is 0 Å². The molecule has 2 aliphatic rings. The van der Waals surface area contributed by atoms with Crippen molar-refractivity contribution in [3.05, 3.63) is 70.6 Å². The first-order valence-corrected chi connectivity index (χ1v) is 15.2. The Kier molecular flexibility index (Phi) is 7.84. The Morgan fingerprint density at radius 2 is 1.93 bits per heavy atom. The van der Waals surface area contributed by atoms with Gasteiger partial charge in [0.25, 0.3) is 0 Å². The number of benzene rings is 2. The van der Waals surface area contributed by atoms with E-state index >= 15 is 0 Å². The number of hydrogen-bond donors (Lipinski definition) is 3. The summed E-state index contributed by atoms with van der Waals surface area (Å²) in [6, 6.07) is 13.1. The summed E-state index contributed by atoms with van der Waals surface area (Å²) >= 11 is 0. The van der Waals surface area contributed by atoms with Gasteiger partial charge in [0.2, 0.25) is 0 Å². The minimum Gasteiger partial charge on any atom is -0.493 e. The number of aliphatic hydroxyl groups is 1. The first kappa shape index (κ1) is 27.9. The van der Waals surface area contributed by atoms with Gasteiger partial charge in [-0.2, -0.15) is 0 Å². The molecule has 3 N–H and O–H groups in total. The van der Waals surface area contributed by atoms with Crippen molar-refractivity contribution in [1.29, 1.82) is 0 Å². The first-order chi connectivity index (χ1) is 19.8.